The van der Waals surface area contributed by atoms with Crippen molar-refractivity contribution in [1.29, 1.82) is 0 Å². The Bertz CT molecular complexity index is 750. The summed E-state index contributed by atoms with van der Waals surface area (Å²) in [7, 11) is 0. The molecule has 1 unspecified atom stereocenters. The van der Waals surface area contributed by atoms with Crippen molar-refractivity contribution >= 4 is 23.2 Å². The van der Waals surface area contributed by atoms with Crippen LogP contribution in [0.4, 0.5) is 0 Å². The van der Waals surface area contributed by atoms with E-state index < -0.39 is 0 Å². The highest BCUT2D eigenvalue weighted by Gasteiger charge is 2.24. The molecule has 1 aliphatic rings. The van der Waals surface area contributed by atoms with Gasteiger partial charge in [-0.15, -0.1) is 11.3 Å². The van der Waals surface area contributed by atoms with Crippen LogP contribution in [0.1, 0.15) is 40.7 Å². The summed E-state index contributed by atoms with van der Waals surface area (Å²) in [4.78, 5) is 29.5. The van der Waals surface area contributed by atoms with E-state index >= 15 is 0 Å². The number of piperazine rings is 1. The molecule has 1 atom stereocenters. The normalized spacial score (nSPS) is 16.1. The van der Waals surface area contributed by atoms with E-state index in [1.165, 1.54) is 16.9 Å². The molecule has 0 spiro atoms. The number of aryl methyl sites for hydroxylation is 1. The van der Waals surface area contributed by atoms with Gasteiger partial charge >= 0.3 is 0 Å². The first-order valence-electron chi connectivity index (χ1n) is 9.50. The van der Waals surface area contributed by atoms with Gasteiger partial charge in [0.25, 0.3) is 5.91 Å². The predicted octanol–water partition coefficient (Wildman–Crippen LogP) is 2.95. The largest absolute Gasteiger partial charge is 0.348 e. The van der Waals surface area contributed by atoms with E-state index in [1.54, 1.807) is 0 Å². The van der Waals surface area contributed by atoms with E-state index in [0.29, 0.717) is 19.6 Å². The zero-order valence-corrected chi connectivity index (χ0v) is 16.8. The maximum absolute atomic E-state index is 12.4. The second-order valence-corrected chi connectivity index (χ2v) is 7.88. The Hall–Kier alpha value is -2.18. The summed E-state index contributed by atoms with van der Waals surface area (Å²) < 4.78 is 0. The number of nitrogens with zero attached hydrogens (tertiary/aromatic N) is 2. The van der Waals surface area contributed by atoms with E-state index in [-0.39, 0.29) is 17.9 Å². The number of nitrogens with one attached hydrogen (secondary N) is 1. The van der Waals surface area contributed by atoms with Gasteiger partial charge in [0.15, 0.2) is 0 Å². The molecular formula is C21H27N3O2S. The van der Waals surface area contributed by atoms with Crippen LogP contribution in [0.5, 0.6) is 0 Å². The minimum atomic E-state index is -0.00917. The van der Waals surface area contributed by atoms with E-state index in [0.717, 1.165) is 30.0 Å². The SMILES string of the molecule is CCc1ccc(C(C)NC(=O)CN2CCN(C(=O)c3cccs3)CC2)cc1. The minimum Gasteiger partial charge on any atom is -0.348 e. The van der Waals surface area contributed by atoms with Crippen molar-refractivity contribution in [2.24, 2.45) is 0 Å². The smallest absolute Gasteiger partial charge is 0.264 e. The van der Waals surface area contributed by atoms with E-state index in [1.807, 2.05) is 29.3 Å². The minimum absolute atomic E-state index is 0.00917. The molecule has 2 heterocycles. The van der Waals surface area contributed by atoms with Crippen LogP contribution in [0.3, 0.4) is 0 Å². The van der Waals surface area contributed by atoms with Gasteiger partial charge in [-0.25, -0.2) is 0 Å². The van der Waals surface area contributed by atoms with Crippen LogP contribution in [0.2, 0.25) is 0 Å². The summed E-state index contributed by atoms with van der Waals surface area (Å²) in [6, 6.07) is 12.1. The Morgan fingerprint density at radius 1 is 1.11 bits per heavy atom. The van der Waals surface area contributed by atoms with Crippen LogP contribution in [0.15, 0.2) is 41.8 Å². The molecule has 1 saturated heterocycles. The van der Waals surface area contributed by atoms with Gasteiger partial charge in [-0.1, -0.05) is 37.3 Å². The van der Waals surface area contributed by atoms with Crippen molar-refractivity contribution in [3.63, 3.8) is 0 Å². The number of hydrogen-bond acceptors (Lipinski definition) is 4. The highest BCUT2D eigenvalue weighted by atomic mass is 32.1. The first-order chi connectivity index (χ1) is 13.1. The van der Waals surface area contributed by atoms with Crippen LogP contribution in [0.25, 0.3) is 0 Å². The number of hydrogen-bond donors (Lipinski definition) is 1. The van der Waals surface area contributed by atoms with Gasteiger partial charge in [0.2, 0.25) is 5.91 Å². The monoisotopic (exact) mass is 385 g/mol. The Morgan fingerprint density at radius 2 is 1.81 bits per heavy atom. The molecule has 0 radical (unpaired) electrons. The molecule has 1 aromatic heterocycles. The van der Waals surface area contributed by atoms with Crippen LogP contribution >= 0.6 is 11.3 Å². The zero-order chi connectivity index (χ0) is 19.2. The fraction of sp³-hybridized carbons (Fsp3) is 0.429. The number of thiophene rings is 1. The third-order valence-electron chi connectivity index (χ3n) is 5.02. The van der Waals surface area contributed by atoms with E-state index in [9.17, 15) is 9.59 Å². The Morgan fingerprint density at radius 3 is 2.41 bits per heavy atom. The molecule has 0 bridgehead atoms. The van der Waals surface area contributed by atoms with Crippen LogP contribution < -0.4 is 5.32 Å². The Kier molecular flexibility index (Phi) is 6.63. The highest BCUT2D eigenvalue weighted by Crippen LogP contribution is 2.15. The second kappa shape index (κ2) is 9.15. The van der Waals surface area contributed by atoms with Crippen molar-refractivity contribution in [1.82, 2.24) is 15.1 Å². The summed E-state index contributed by atoms with van der Waals surface area (Å²) in [5.41, 5.74) is 2.42. The maximum Gasteiger partial charge on any atom is 0.264 e. The van der Waals surface area contributed by atoms with Gasteiger partial charge in [-0.3, -0.25) is 14.5 Å². The van der Waals surface area contributed by atoms with Crippen molar-refractivity contribution in [2.75, 3.05) is 32.7 Å². The number of carbonyl (C=O) groups excluding carboxylic acids is 2. The molecule has 5 nitrogen and oxygen atoms in total. The third-order valence-corrected chi connectivity index (χ3v) is 5.88. The molecule has 6 heteroatoms. The van der Waals surface area contributed by atoms with Gasteiger partial charge in [-0.2, -0.15) is 0 Å². The third kappa shape index (κ3) is 5.17. The first-order valence-corrected chi connectivity index (χ1v) is 10.4. The van der Waals surface area contributed by atoms with Crippen molar-refractivity contribution in [2.45, 2.75) is 26.3 Å². The molecule has 2 amide bonds. The molecular weight excluding hydrogens is 358 g/mol. The quantitative estimate of drug-likeness (QED) is 0.832. The molecule has 2 aromatic rings. The van der Waals surface area contributed by atoms with Gasteiger partial charge in [0, 0.05) is 26.2 Å². The lowest BCUT2D eigenvalue weighted by Crippen LogP contribution is -2.51. The fourth-order valence-corrected chi connectivity index (χ4v) is 3.97. The summed E-state index contributed by atoms with van der Waals surface area (Å²) in [6.07, 6.45) is 1.02. The molecule has 144 valence electrons. The second-order valence-electron chi connectivity index (χ2n) is 6.93. The number of carbonyl (C=O) groups is 2. The molecule has 1 aliphatic heterocycles. The van der Waals surface area contributed by atoms with Crippen molar-refractivity contribution in [3.8, 4) is 0 Å². The molecule has 0 aliphatic carbocycles. The van der Waals surface area contributed by atoms with E-state index in [4.69, 9.17) is 0 Å². The summed E-state index contributed by atoms with van der Waals surface area (Å²) in [6.45, 7) is 7.30. The predicted molar refractivity (Wildman–Crippen MR) is 109 cm³/mol. The van der Waals surface area contributed by atoms with Gasteiger partial charge < -0.3 is 10.2 Å². The lowest BCUT2D eigenvalue weighted by Gasteiger charge is -2.34. The Labute approximate surface area is 165 Å². The number of benzene rings is 1. The van der Waals surface area contributed by atoms with E-state index in [2.05, 4.69) is 41.4 Å². The molecule has 1 fully saturated rings. The fourth-order valence-electron chi connectivity index (χ4n) is 3.28. The standard InChI is InChI=1S/C21H27N3O2S/c1-3-17-6-8-18(9-7-17)16(2)22-20(25)15-23-10-12-24(13-11-23)21(26)19-5-4-14-27-19/h4-9,14,16H,3,10-13,15H2,1-2H3,(H,22,25). The lowest BCUT2D eigenvalue weighted by atomic mass is 10.1. The number of amides is 2. The molecule has 27 heavy (non-hydrogen) atoms. The van der Waals surface area contributed by atoms with Crippen LogP contribution in [-0.4, -0.2) is 54.3 Å². The van der Waals surface area contributed by atoms with Gasteiger partial charge in [-0.05, 0) is 35.9 Å². The molecule has 1 N–H and O–H groups in total. The molecule has 3 rings (SSSR count). The number of rotatable bonds is 6. The summed E-state index contributed by atoms with van der Waals surface area (Å²) >= 11 is 1.47. The van der Waals surface area contributed by atoms with Gasteiger partial charge in [0.05, 0.1) is 17.5 Å². The average molecular weight is 386 g/mol. The zero-order valence-electron chi connectivity index (χ0n) is 16.0. The van der Waals surface area contributed by atoms with Gasteiger partial charge in [0.1, 0.15) is 0 Å². The maximum atomic E-state index is 12.4. The topological polar surface area (TPSA) is 52.7 Å². The van der Waals surface area contributed by atoms with Crippen molar-refractivity contribution in [3.05, 3.63) is 57.8 Å². The highest BCUT2D eigenvalue weighted by molar-refractivity contribution is 7.12. The average Bonchev–Trinajstić information content (AvgIpc) is 3.23. The molecule has 0 saturated carbocycles. The van der Waals surface area contributed by atoms with Crippen LogP contribution in [-0.2, 0) is 11.2 Å². The lowest BCUT2D eigenvalue weighted by molar-refractivity contribution is -0.123. The first kappa shape index (κ1) is 19.6. The van der Waals surface area contributed by atoms with Crippen LogP contribution in [0, 0.1) is 0 Å². The molecule has 1 aromatic carbocycles. The summed E-state index contributed by atoms with van der Waals surface area (Å²) in [5.74, 6) is 0.123. The van der Waals surface area contributed by atoms with Crippen molar-refractivity contribution < 1.29 is 9.59 Å². The Balaban J connectivity index is 1.44. The summed E-state index contributed by atoms with van der Waals surface area (Å²) in [5, 5.41) is 5.00.